The molecule has 0 atom stereocenters. The van der Waals surface area contributed by atoms with Crippen LogP contribution in [-0.4, -0.2) is 15.9 Å². The molecule has 0 unspecified atom stereocenters. The lowest BCUT2D eigenvalue weighted by atomic mass is 10.1. The fourth-order valence-corrected chi connectivity index (χ4v) is 4.01. The Bertz CT molecular complexity index is 1110. The first-order chi connectivity index (χ1) is 13.8. The summed E-state index contributed by atoms with van der Waals surface area (Å²) in [6.45, 7) is 5.69. The van der Waals surface area contributed by atoms with Gasteiger partial charge in [0.2, 0.25) is 5.91 Å². The number of carbonyl (C=O) groups is 1. The number of aryl methyl sites for hydroxylation is 3. The van der Waals surface area contributed by atoms with E-state index in [-0.39, 0.29) is 17.9 Å². The lowest BCUT2D eigenvalue weighted by Gasteiger charge is -2.10. The molecule has 0 aliphatic carbocycles. The number of carbonyl (C=O) groups excluding carboxylic acids is 1. The first-order valence-corrected chi connectivity index (χ1v) is 10.5. The zero-order chi connectivity index (χ0) is 21.0. The van der Waals surface area contributed by atoms with E-state index in [1.54, 1.807) is 6.92 Å². The average molecular weight is 428 g/mol. The van der Waals surface area contributed by atoms with Crippen LogP contribution in [0.1, 0.15) is 27.9 Å². The summed E-state index contributed by atoms with van der Waals surface area (Å²) in [7, 11) is 0. The fraction of sp³-hybridized carbons (Fsp3) is 0.227. The van der Waals surface area contributed by atoms with Crippen molar-refractivity contribution in [3.05, 3.63) is 85.8 Å². The van der Waals surface area contributed by atoms with Crippen LogP contribution in [0.15, 0.2) is 52.4 Å². The number of halogens is 1. The number of rotatable bonds is 6. The number of nitrogens with one attached hydrogen (secondary N) is 2. The zero-order valence-corrected chi connectivity index (χ0v) is 18.1. The van der Waals surface area contributed by atoms with Gasteiger partial charge in [-0.3, -0.25) is 9.59 Å². The molecule has 2 N–H and O–H groups in total. The minimum Gasteiger partial charge on any atom is -0.326 e. The fourth-order valence-electron chi connectivity index (χ4n) is 2.95. The number of aromatic amines is 1. The molecule has 0 aliphatic heterocycles. The molecule has 0 bridgehead atoms. The van der Waals surface area contributed by atoms with Gasteiger partial charge in [0.15, 0.2) is 5.16 Å². The summed E-state index contributed by atoms with van der Waals surface area (Å²) in [5.74, 6) is 0.391. The van der Waals surface area contributed by atoms with Crippen LogP contribution in [0.2, 0.25) is 5.02 Å². The molecule has 0 spiro atoms. The lowest BCUT2D eigenvalue weighted by Crippen LogP contribution is -2.24. The van der Waals surface area contributed by atoms with Crippen molar-refractivity contribution in [1.82, 2.24) is 9.97 Å². The quantitative estimate of drug-likeness (QED) is 0.436. The Labute approximate surface area is 178 Å². The largest absolute Gasteiger partial charge is 0.326 e. The number of aromatic nitrogens is 2. The predicted octanol–water partition coefficient (Wildman–Crippen LogP) is 4.82. The third-order valence-corrected chi connectivity index (χ3v) is 5.64. The summed E-state index contributed by atoms with van der Waals surface area (Å²) in [5.41, 5.74) is 4.54. The maximum atomic E-state index is 12.5. The van der Waals surface area contributed by atoms with Gasteiger partial charge in [-0.1, -0.05) is 53.2 Å². The monoisotopic (exact) mass is 427 g/mol. The van der Waals surface area contributed by atoms with Crippen molar-refractivity contribution in [2.75, 3.05) is 5.32 Å². The van der Waals surface area contributed by atoms with Gasteiger partial charge in [-0.2, -0.15) is 0 Å². The summed E-state index contributed by atoms with van der Waals surface area (Å²) in [6, 6.07) is 13.4. The van der Waals surface area contributed by atoms with E-state index in [2.05, 4.69) is 15.3 Å². The second kappa shape index (κ2) is 9.29. The zero-order valence-electron chi connectivity index (χ0n) is 16.5. The Morgan fingerprint density at radius 2 is 1.97 bits per heavy atom. The number of anilines is 1. The summed E-state index contributed by atoms with van der Waals surface area (Å²) in [6.07, 6.45) is -0.0271. The van der Waals surface area contributed by atoms with E-state index in [1.165, 1.54) is 11.8 Å². The van der Waals surface area contributed by atoms with Gasteiger partial charge >= 0.3 is 0 Å². The second-order valence-electron chi connectivity index (χ2n) is 6.90. The van der Waals surface area contributed by atoms with Crippen LogP contribution in [0, 0.1) is 20.8 Å². The SMILES string of the molecule is Cc1ccc(NC(=O)Cc2c(C)nc(SCc3cccc(Cl)c3)[nH]c2=O)c(C)c1. The molecule has 5 nitrogen and oxygen atoms in total. The molecule has 150 valence electrons. The Morgan fingerprint density at radius 1 is 1.17 bits per heavy atom. The van der Waals surface area contributed by atoms with Crippen molar-refractivity contribution < 1.29 is 4.79 Å². The Kier molecular flexibility index (Phi) is 6.77. The number of amides is 1. The molecular formula is C22H22ClN3O2S. The van der Waals surface area contributed by atoms with Crippen LogP contribution in [0.4, 0.5) is 5.69 Å². The molecule has 0 aliphatic rings. The van der Waals surface area contributed by atoms with Crippen molar-refractivity contribution in [2.24, 2.45) is 0 Å². The Hall–Kier alpha value is -2.57. The molecule has 0 saturated carbocycles. The van der Waals surface area contributed by atoms with E-state index < -0.39 is 0 Å². The number of hydrogen-bond donors (Lipinski definition) is 2. The first-order valence-electron chi connectivity index (χ1n) is 9.16. The van der Waals surface area contributed by atoms with E-state index in [0.717, 1.165) is 22.4 Å². The van der Waals surface area contributed by atoms with Crippen molar-refractivity contribution >= 4 is 35.0 Å². The minimum atomic E-state index is -0.290. The van der Waals surface area contributed by atoms with E-state index in [0.29, 0.717) is 27.2 Å². The van der Waals surface area contributed by atoms with Crippen LogP contribution < -0.4 is 10.9 Å². The normalized spacial score (nSPS) is 10.8. The van der Waals surface area contributed by atoms with Crippen LogP contribution >= 0.6 is 23.4 Å². The number of hydrogen-bond acceptors (Lipinski definition) is 4. The van der Waals surface area contributed by atoms with Crippen LogP contribution in [-0.2, 0) is 17.0 Å². The summed E-state index contributed by atoms with van der Waals surface area (Å²) in [5, 5.41) is 4.06. The number of thioether (sulfide) groups is 1. The average Bonchev–Trinajstić information content (AvgIpc) is 2.65. The van der Waals surface area contributed by atoms with Gasteiger partial charge < -0.3 is 10.3 Å². The maximum Gasteiger partial charge on any atom is 0.255 e. The van der Waals surface area contributed by atoms with Gasteiger partial charge in [0.25, 0.3) is 5.56 Å². The molecule has 3 rings (SSSR count). The van der Waals surface area contributed by atoms with E-state index >= 15 is 0 Å². The van der Waals surface area contributed by atoms with E-state index in [9.17, 15) is 9.59 Å². The topological polar surface area (TPSA) is 74.8 Å². The highest BCUT2D eigenvalue weighted by molar-refractivity contribution is 7.98. The van der Waals surface area contributed by atoms with Crippen LogP contribution in [0.25, 0.3) is 0 Å². The molecule has 2 aromatic carbocycles. The summed E-state index contributed by atoms with van der Waals surface area (Å²) >= 11 is 7.42. The van der Waals surface area contributed by atoms with Gasteiger partial charge in [0, 0.05) is 27.7 Å². The van der Waals surface area contributed by atoms with E-state index in [4.69, 9.17) is 11.6 Å². The minimum absolute atomic E-state index is 0.0271. The molecule has 0 saturated heterocycles. The van der Waals surface area contributed by atoms with Crippen molar-refractivity contribution in [3.63, 3.8) is 0 Å². The number of benzene rings is 2. The summed E-state index contributed by atoms with van der Waals surface area (Å²) < 4.78 is 0. The number of nitrogens with zero attached hydrogens (tertiary/aromatic N) is 1. The molecule has 29 heavy (non-hydrogen) atoms. The van der Waals surface area contributed by atoms with Crippen molar-refractivity contribution in [1.29, 1.82) is 0 Å². The second-order valence-corrected chi connectivity index (χ2v) is 8.30. The number of H-pyrrole nitrogens is 1. The Morgan fingerprint density at radius 3 is 2.66 bits per heavy atom. The van der Waals surface area contributed by atoms with E-state index in [1.807, 2.05) is 56.3 Å². The third kappa shape index (κ3) is 5.71. The lowest BCUT2D eigenvalue weighted by molar-refractivity contribution is -0.115. The smallest absolute Gasteiger partial charge is 0.255 e. The van der Waals surface area contributed by atoms with Gasteiger partial charge in [-0.05, 0) is 50.1 Å². The first kappa shape index (κ1) is 21.1. The van der Waals surface area contributed by atoms with Gasteiger partial charge in [-0.15, -0.1) is 0 Å². The van der Waals surface area contributed by atoms with Crippen molar-refractivity contribution in [3.8, 4) is 0 Å². The highest BCUT2D eigenvalue weighted by Crippen LogP contribution is 2.21. The predicted molar refractivity (Wildman–Crippen MR) is 119 cm³/mol. The molecule has 1 aromatic heterocycles. The molecule has 1 heterocycles. The molecule has 7 heteroatoms. The standard InChI is InChI=1S/C22H22ClN3O2S/c1-13-7-8-19(14(2)9-13)25-20(27)11-18-15(3)24-22(26-21(18)28)29-12-16-5-4-6-17(23)10-16/h4-10H,11-12H2,1-3H3,(H,25,27)(H,24,26,28). The van der Waals surface area contributed by atoms with Crippen molar-refractivity contribution in [2.45, 2.75) is 38.1 Å². The van der Waals surface area contributed by atoms with Gasteiger partial charge in [0.1, 0.15) is 0 Å². The third-order valence-electron chi connectivity index (χ3n) is 4.46. The molecule has 0 fully saturated rings. The van der Waals surface area contributed by atoms with Gasteiger partial charge in [-0.25, -0.2) is 4.98 Å². The maximum absolute atomic E-state index is 12.5. The summed E-state index contributed by atoms with van der Waals surface area (Å²) in [4.78, 5) is 32.2. The molecule has 1 amide bonds. The highest BCUT2D eigenvalue weighted by Gasteiger charge is 2.14. The Balaban J connectivity index is 1.68. The van der Waals surface area contributed by atoms with Crippen LogP contribution in [0.3, 0.4) is 0 Å². The molecule has 3 aromatic rings. The molecule has 0 radical (unpaired) electrons. The highest BCUT2D eigenvalue weighted by atomic mass is 35.5. The molecular weight excluding hydrogens is 406 g/mol. The van der Waals surface area contributed by atoms with Crippen LogP contribution in [0.5, 0.6) is 0 Å². The van der Waals surface area contributed by atoms with Gasteiger partial charge in [0.05, 0.1) is 6.42 Å².